The number of hydrogen-bond acceptors (Lipinski definition) is 4. The average Bonchev–Trinajstić information content (AvgIpc) is 2.69. The first-order valence-corrected chi connectivity index (χ1v) is 9.49. The molecule has 0 radical (unpaired) electrons. The van der Waals surface area contributed by atoms with E-state index in [1.165, 1.54) is 11.1 Å². The topological polar surface area (TPSA) is 48.5 Å². The molecule has 1 aromatic heterocycles. The number of anilines is 2. The van der Waals surface area contributed by atoms with Crippen molar-refractivity contribution >= 4 is 17.4 Å². The Morgan fingerprint density at radius 1 is 1.12 bits per heavy atom. The highest BCUT2D eigenvalue weighted by molar-refractivity contribution is 5.96. The van der Waals surface area contributed by atoms with Crippen molar-refractivity contribution in [2.24, 2.45) is 0 Å². The van der Waals surface area contributed by atoms with Crippen LogP contribution in [-0.2, 0) is 11.2 Å². The maximum Gasteiger partial charge on any atom is 0.231 e. The number of benzene rings is 1. The number of pyridine rings is 1. The minimum atomic E-state index is -0.0581. The van der Waals surface area contributed by atoms with Crippen LogP contribution in [0.15, 0.2) is 42.6 Å². The van der Waals surface area contributed by atoms with Gasteiger partial charge in [-0.25, -0.2) is 4.98 Å². The first-order valence-electron chi connectivity index (χ1n) is 9.49. The molecule has 0 bridgehead atoms. The summed E-state index contributed by atoms with van der Waals surface area (Å²) in [5.74, 6) is 1.00. The van der Waals surface area contributed by atoms with Gasteiger partial charge in [-0.05, 0) is 49.6 Å². The van der Waals surface area contributed by atoms with Gasteiger partial charge in [-0.2, -0.15) is 0 Å². The standard InChI is InChI=1S/C21H26N4O/c1-24-11-13-25(14-12-24)20-10-9-17(15-22-20)23-21(26)19-8-4-6-16-5-2-3-7-18(16)19/h2-3,5,7,9-10,15,19H,4,6,8,11-14H2,1H3,(H,23,26). The minimum Gasteiger partial charge on any atom is -0.354 e. The number of carbonyl (C=O) groups excluding carboxylic acids is 1. The van der Waals surface area contributed by atoms with E-state index in [4.69, 9.17) is 0 Å². The summed E-state index contributed by atoms with van der Waals surface area (Å²) < 4.78 is 0. The van der Waals surface area contributed by atoms with Crippen LogP contribution in [0.25, 0.3) is 0 Å². The molecule has 1 fully saturated rings. The van der Waals surface area contributed by atoms with Crippen molar-refractivity contribution in [1.82, 2.24) is 9.88 Å². The SMILES string of the molecule is CN1CCN(c2ccc(NC(=O)C3CCCc4ccccc43)cn2)CC1. The normalized spacial score (nSPS) is 20.5. The number of likely N-dealkylation sites (N-methyl/N-ethyl adjacent to an activating group) is 1. The van der Waals surface area contributed by atoms with Crippen molar-refractivity contribution in [3.05, 3.63) is 53.7 Å². The predicted molar refractivity (Wildman–Crippen MR) is 105 cm³/mol. The third-order valence-electron chi connectivity index (χ3n) is 5.53. The zero-order chi connectivity index (χ0) is 17.9. The van der Waals surface area contributed by atoms with Crippen LogP contribution in [0.5, 0.6) is 0 Å². The summed E-state index contributed by atoms with van der Waals surface area (Å²) in [7, 11) is 2.15. The highest BCUT2D eigenvalue weighted by Crippen LogP contribution is 2.32. The Morgan fingerprint density at radius 3 is 2.69 bits per heavy atom. The number of nitrogens with zero attached hydrogens (tertiary/aromatic N) is 3. The van der Waals surface area contributed by atoms with Crippen molar-refractivity contribution in [3.63, 3.8) is 0 Å². The van der Waals surface area contributed by atoms with Crippen molar-refractivity contribution in [3.8, 4) is 0 Å². The Hall–Kier alpha value is -2.40. The minimum absolute atomic E-state index is 0.0581. The maximum absolute atomic E-state index is 12.8. The molecular formula is C21H26N4O. The maximum atomic E-state index is 12.8. The third kappa shape index (κ3) is 3.58. The van der Waals surface area contributed by atoms with E-state index in [-0.39, 0.29) is 11.8 Å². The monoisotopic (exact) mass is 350 g/mol. The van der Waals surface area contributed by atoms with Gasteiger partial charge in [0.1, 0.15) is 5.82 Å². The van der Waals surface area contributed by atoms with E-state index >= 15 is 0 Å². The molecule has 1 atom stereocenters. The number of nitrogens with one attached hydrogen (secondary N) is 1. The van der Waals surface area contributed by atoms with Gasteiger partial charge in [0.25, 0.3) is 0 Å². The second kappa shape index (κ2) is 7.46. The molecule has 26 heavy (non-hydrogen) atoms. The van der Waals surface area contributed by atoms with Gasteiger partial charge in [0.15, 0.2) is 0 Å². The quantitative estimate of drug-likeness (QED) is 0.925. The first-order chi connectivity index (χ1) is 12.7. The summed E-state index contributed by atoms with van der Waals surface area (Å²) >= 11 is 0. The molecule has 0 spiro atoms. The summed E-state index contributed by atoms with van der Waals surface area (Å²) in [5, 5.41) is 3.06. The van der Waals surface area contributed by atoms with Crippen LogP contribution in [0, 0.1) is 0 Å². The molecule has 0 saturated carbocycles. The van der Waals surface area contributed by atoms with Crippen LogP contribution >= 0.6 is 0 Å². The number of piperazine rings is 1. The van der Waals surface area contributed by atoms with Crippen LogP contribution in [0.1, 0.15) is 29.9 Å². The molecule has 1 aliphatic heterocycles. The summed E-state index contributed by atoms with van der Waals surface area (Å²) in [4.78, 5) is 22.0. The fourth-order valence-electron chi connectivity index (χ4n) is 3.94. The number of aryl methyl sites for hydroxylation is 1. The van der Waals surface area contributed by atoms with Crippen molar-refractivity contribution in [2.45, 2.75) is 25.2 Å². The van der Waals surface area contributed by atoms with Gasteiger partial charge < -0.3 is 15.1 Å². The molecule has 1 aromatic carbocycles. The number of aromatic nitrogens is 1. The third-order valence-corrected chi connectivity index (χ3v) is 5.53. The zero-order valence-corrected chi connectivity index (χ0v) is 15.3. The van der Waals surface area contributed by atoms with E-state index in [0.717, 1.165) is 56.9 Å². The molecule has 1 unspecified atom stereocenters. The van der Waals surface area contributed by atoms with Gasteiger partial charge in [-0.3, -0.25) is 4.79 Å². The van der Waals surface area contributed by atoms with Gasteiger partial charge in [-0.15, -0.1) is 0 Å². The molecule has 1 aliphatic carbocycles. The van der Waals surface area contributed by atoms with Gasteiger partial charge in [0.05, 0.1) is 17.8 Å². The Bertz CT molecular complexity index is 766. The highest BCUT2D eigenvalue weighted by Gasteiger charge is 2.26. The van der Waals surface area contributed by atoms with Crippen molar-refractivity contribution < 1.29 is 4.79 Å². The Labute approximate surface area is 155 Å². The number of fused-ring (bicyclic) bond motifs is 1. The molecule has 1 amide bonds. The van der Waals surface area contributed by atoms with E-state index in [0.29, 0.717) is 0 Å². The molecular weight excluding hydrogens is 324 g/mol. The van der Waals surface area contributed by atoms with Gasteiger partial charge in [0, 0.05) is 26.2 Å². The fourth-order valence-corrected chi connectivity index (χ4v) is 3.94. The van der Waals surface area contributed by atoms with Crippen molar-refractivity contribution in [2.75, 3.05) is 43.4 Å². The van der Waals surface area contributed by atoms with E-state index in [9.17, 15) is 4.79 Å². The Kier molecular flexibility index (Phi) is 4.89. The molecule has 2 heterocycles. The first kappa shape index (κ1) is 17.0. The van der Waals surface area contributed by atoms with Crippen LogP contribution in [0.2, 0.25) is 0 Å². The van der Waals surface area contributed by atoms with Gasteiger partial charge >= 0.3 is 0 Å². The lowest BCUT2D eigenvalue weighted by atomic mass is 9.82. The summed E-state index contributed by atoms with van der Waals surface area (Å²) in [6.07, 6.45) is 4.83. The molecule has 2 aromatic rings. The number of rotatable bonds is 3. The summed E-state index contributed by atoms with van der Waals surface area (Å²) in [5.41, 5.74) is 3.26. The van der Waals surface area contributed by atoms with Gasteiger partial charge in [0.2, 0.25) is 5.91 Å². The summed E-state index contributed by atoms with van der Waals surface area (Å²) in [6.45, 7) is 4.10. The highest BCUT2D eigenvalue weighted by atomic mass is 16.1. The lowest BCUT2D eigenvalue weighted by molar-refractivity contribution is -0.117. The predicted octanol–water partition coefficient (Wildman–Crippen LogP) is 2.89. The second-order valence-corrected chi connectivity index (χ2v) is 7.33. The fraction of sp³-hybridized carbons (Fsp3) is 0.429. The molecule has 4 rings (SSSR count). The smallest absolute Gasteiger partial charge is 0.231 e. The molecule has 5 heteroatoms. The lowest BCUT2D eigenvalue weighted by Gasteiger charge is -2.33. The summed E-state index contributed by atoms with van der Waals surface area (Å²) in [6, 6.07) is 12.3. The molecule has 136 valence electrons. The van der Waals surface area contributed by atoms with Crippen LogP contribution in [0.3, 0.4) is 0 Å². The van der Waals surface area contributed by atoms with Gasteiger partial charge in [-0.1, -0.05) is 24.3 Å². The Balaban J connectivity index is 1.42. The lowest BCUT2D eigenvalue weighted by Crippen LogP contribution is -2.44. The zero-order valence-electron chi connectivity index (χ0n) is 15.3. The van der Waals surface area contributed by atoms with Crippen LogP contribution < -0.4 is 10.2 Å². The number of carbonyl (C=O) groups is 1. The van der Waals surface area contributed by atoms with E-state index in [1.807, 2.05) is 18.2 Å². The number of hydrogen-bond donors (Lipinski definition) is 1. The van der Waals surface area contributed by atoms with Crippen LogP contribution in [-0.4, -0.2) is 49.0 Å². The largest absolute Gasteiger partial charge is 0.354 e. The number of amides is 1. The molecule has 2 aliphatic rings. The molecule has 5 nitrogen and oxygen atoms in total. The molecule has 1 saturated heterocycles. The van der Waals surface area contributed by atoms with E-state index in [1.54, 1.807) is 6.20 Å². The average molecular weight is 350 g/mol. The van der Waals surface area contributed by atoms with Crippen molar-refractivity contribution in [1.29, 1.82) is 0 Å². The molecule has 1 N–H and O–H groups in total. The Morgan fingerprint density at radius 2 is 1.92 bits per heavy atom. The second-order valence-electron chi connectivity index (χ2n) is 7.33. The van der Waals surface area contributed by atoms with E-state index in [2.05, 4.69) is 45.3 Å². The van der Waals surface area contributed by atoms with E-state index < -0.39 is 0 Å². The van der Waals surface area contributed by atoms with Crippen LogP contribution in [0.4, 0.5) is 11.5 Å².